The first-order chi connectivity index (χ1) is 7.08. The number of hydrogen-bond donors (Lipinski definition) is 1. The Bertz CT molecular complexity index is 376. The summed E-state index contributed by atoms with van der Waals surface area (Å²) in [6.07, 6.45) is 1.85. The molecule has 1 N–H and O–H groups in total. The van der Waals surface area contributed by atoms with E-state index >= 15 is 0 Å². The van der Waals surface area contributed by atoms with Gasteiger partial charge in [-0.15, -0.1) is 0 Å². The van der Waals surface area contributed by atoms with Gasteiger partial charge in [-0.3, -0.25) is 0 Å². The van der Waals surface area contributed by atoms with E-state index in [1.807, 2.05) is 6.07 Å². The molecule has 0 spiro atoms. The molecule has 0 heterocycles. The average Bonchev–Trinajstić information content (AvgIpc) is 2.48. The van der Waals surface area contributed by atoms with Crippen LogP contribution in [0.2, 0.25) is 0 Å². The van der Waals surface area contributed by atoms with Crippen molar-refractivity contribution in [3.05, 3.63) is 33.5 Å². The summed E-state index contributed by atoms with van der Waals surface area (Å²) >= 11 is 3.34. The molecule has 3 heteroatoms. The summed E-state index contributed by atoms with van der Waals surface area (Å²) in [5.41, 5.74) is 2.01. The molecule has 0 amide bonds. The van der Waals surface area contributed by atoms with Gasteiger partial charge in [0, 0.05) is 16.6 Å². The third-order valence-electron chi connectivity index (χ3n) is 2.79. The van der Waals surface area contributed by atoms with Crippen molar-refractivity contribution in [3.8, 4) is 0 Å². The van der Waals surface area contributed by atoms with Crippen LogP contribution < -0.4 is 5.32 Å². The van der Waals surface area contributed by atoms with E-state index in [9.17, 15) is 4.39 Å². The second kappa shape index (κ2) is 4.22. The Morgan fingerprint density at radius 1 is 1.47 bits per heavy atom. The Balaban J connectivity index is 2.33. The quantitative estimate of drug-likeness (QED) is 0.867. The molecule has 0 fully saturated rings. The summed E-state index contributed by atoms with van der Waals surface area (Å²) in [6, 6.07) is 4.33. The van der Waals surface area contributed by atoms with Gasteiger partial charge in [0.15, 0.2) is 0 Å². The minimum absolute atomic E-state index is 0.0765. The van der Waals surface area contributed by atoms with Crippen molar-refractivity contribution in [2.45, 2.75) is 38.8 Å². The van der Waals surface area contributed by atoms with Crippen LogP contribution >= 0.6 is 15.9 Å². The Morgan fingerprint density at radius 2 is 2.20 bits per heavy atom. The monoisotopic (exact) mass is 271 g/mol. The fourth-order valence-electron chi connectivity index (χ4n) is 2.22. The molecule has 0 saturated carbocycles. The van der Waals surface area contributed by atoms with Crippen LogP contribution in [-0.2, 0) is 6.42 Å². The number of halogens is 2. The molecular formula is C12H15BrFN. The molecule has 0 aliphatic heterocycles. The van der Waals surface area contributed by atoms with Crippen molar-refractivity contribution >= 4 is 15.9 Å². The largest absolute Gasteiger partial charge is 0.308 e. The zero-order valence-corrected chi connectivity index (χ0v) is 10.6. The molecule has 1 aliphatic carbocycles. The van der Waals surface area contributed by atoms with Crippen LogP contribution in [0.4, 0.5) is 4.39 Å². The van der Waals surface area contributed by atoms with Crippen LogP contribution in [0.15, 0.2) is 16.6 Å². The molecule has 82 valence electrons. The van der Waals surface area contributed by atoms with Gasteiger partial charge in [-0.1, -0.05) is 29.8 Å². The summed E-state index contributed by atoms with van der Waals surface area (Å²) < 4.78 is 14.4. The van der Waals surface area contributed by atoms with Crippen molar-refractivity contribution in [2.75, 3.05) is 0 Å². The van der Waals surface area contributed by atoms with E-state index in [0.717, 1.165) is 28.4 Å². The van der Waals surface area contributed by atoms with Crippen LogP contribution in [0, 0.1) is 5.82 Å². The van der Waals surface area contributed by atoms with Gasteiger partial charge in [0.05, 0.1) is 0 Å². The summed E-state index contributed by atoms with van der Waals surface area (Å²) in [4.78, 5) is 0. The first-order valence-electron chi connectivity index (χ1n) is 5.32. The lowest BCUT2D eigenvalue weighted by Gasteiger charge is -2.17. The minimum Gasteiger partial charge on any atom is -0.308 e. The molecule has 15 heavy (non-hydrogen) atoms. The molecule has 0 radical (unpaired) electrons. The molecule has 1 aromatic rings. The third kappa shape index (κ3) is 2.23. The fraction of sp³-hybridized carbons (Fsp3) is 0.500. The second-order valence-corrected chi connectivity index (χ2v) is 5.28. The number of rotatable bonds is 2. The number of hydrogen-bond acceptors (Lipinski definition) is 1. The fourth-order valence-corrected chi connectivity index (χ4v) is 2.67. The standard InChI is InChI=1S/C12H15BrFN/c1-7(2)15-12-4-3-9-10(12)5-8(13)6-11(9)14/h5-7,12,15H,3-4H2,1-2H3. The van der Waals surface area contributed by atoms with Crippen molar-refractivity contribution in [1.29, 1.82) is 0 Å². The predicted octanol–water partition coefficient (Wildman–Crippen LogP) is 3.57. The van der Waals surface area contributed by atoms with Gasteiger partial charge in [-0.2, -0.15) is 0 Å². The van der Waals surface area contributed by atoms with Gasteiger partial charge in [-0.25, -0.2) is 4.39 Å². The highest BCUT2D eigenvalue weighted by Crippen LogP contribution is 2.35. The molecule has 0 bridgehead atoms. The summed E-state index contributed by atoms with van der Waals surface area (Å²) in [6.45, 7) is 4.23. The average molecular weight is 272 g/mol. The highest BCUT2D eigenvalue weighted by Gasteiger charge is 2.25. The van der Waals surface area contributed by atoms with E-state index < -0.39 is 0 Å². The van der Waals surface area contributed by atoms with Crippen molar-refractivity contribution in [1.82, 2.24) is 5.32 Å². The van der Waals surface area contributed by atoms with E-state index in [0.29, 0.717) is 12.1 Å². The Morgan fingerprint density at radius 3 is 2.87 bits per heavy atom. The lowest BCUT2D eigenvalue weighted by Crippen LogP contribution is -2.26. The highest BCUT2D eigenvalue weighted by atomic mass is 79.9. The summed E-state index contributed by atoms with van der Waals surface area (Å²) in [5, 5.41) is 3.46. The van der Waals surface area contributed by atoms with Gasteiger partial charge < -0.3 is 5.32 Å². The van der Waals surface area contributed by atoms with E-state index in [1.165, 1.54) is 0 Å². The molecule has 1 atom stereocenters. The maximum Gasteiger partial charge on any atom is 0.127 e. The van der Waals surface area contributed by atoms with Crippen LogP contribution in [0.5, 0.6) is 0 Å². The highest BCUT2D eigenvalue weighted by molar-refractivity contribution is 9.10. The van der Waals surface area contributed by atoms with Crippen molar-refractivity contribution in [2.24, 2.45) is 0 Å². The van der Waals surface area contributed by atoms with Gasteiger partial charge in [-0.05, 0) is 36.1 Å². The van der Waals surface area contributed by atoms with Crippen LogP contribution in [0.3, 0.4) is 0 Å². The number of benzene rings is 1. The van der Waals surface area contributed by atoms with Crippen LogP contribution in [0.1, 0.15) is 37.4 Å². The number of nitrogens with one attached hydrogen (secondary N) is 1. The molecule has 0 aromatic heterocycles. The van der Waals surface area contributed by atoms with Crippen molar-refractivity contribution < 1.29 is 4.39 Å². The summed E-state index contributed by atoms with van der Waals surface area (Å²) in [5.74, 6) is -0.0765. The van der Waals surface area contributed by atoms with E-state index in [2.05, 4.69) is 35.1 Å². The molecule has 0 saturated heterocycles. The minimum atomic E-state index is -0.0765. The Labute approximate surface area is 98.2 Å². The maximum absolute atomic E-state index is 13.6. The molecule has 1 nitrogen and oxygen atoms in total. The second-order valence-electron chi connectivity index (χ2n) is 4.37. The molecule has 1 unspecified atom stereocenters. The Hall–Kier alpha value is -0.410. The lowest BCUT2D eigenvalue weighted by atomic mass is 10.1. The predicted molar refractivity (Wildman–Crippen MR) is 63.4 cm³/mol. The molecule has 2 rings (SSSR count). The van der Waals surface area contributed by atoms with Gasteiger partial charge >= 0.3 is 0 Å². The first-order valence-corrected chi connectivity index (χ1v) is 6.11. The smallest absolute Gasteiger partial charge is 0.127 e. The van der Waals surface area contributed by atoms with Crippen molar-refractivity contribution in [3.63, 3.8) is 0 Å². The number of fused-ring (bicyclic) bond motifs is 1. The van der Waals surface area contributed by atoms with Crippen LogP contribution in [0.25, 0.3) is 0 Å². The van der Waals surface area contributed by atoms with Gasteiger partial charge in [0.2, 0.25) is 0 Å². The van der Waals surface area contributed by atoms with Gasteiger partial charge in [0.1, 0.15) is 5.82 Å². The SMILES string of the molecule is CC(C)NC1CCc2c(F)cc(Br)cc21. The third-order valence-corrected chi connectivity index (χ3v) is 3.25. The first kappa shape index (κ1) is 11.1. The normalized spacial score (nSPS) is 19.7. The lowest BCUT2D eigenvalue weighted by molar-refractivity contribution is 0.475. The van der Waals surface area contributed by atoms with Gasteiger partial charge in [0.25, 0.3) is 0 Å². The van der Waals surface area contributed by atoms with E-state index in [1.54, 1.807) is 6.07 Å². The summed E-state index contributed by atoms with van der Waals surface area (Å²) in [7, 11) is 0. The zero-order valence-electron chi connectivity index (χ0n) is 8.98. The maximum atomic E-state index is 13.6. The van der Waals surface area contributed by atoms with E-state index in [-0.39, 0.29) is 5.82 Å². The Kier molecular flexibility index (Phi) is 3.12. The molecular weight excluding hydrogens is 257 g/mol. The van der Waals surface area contributed by atoms with E-state index in [4.69, 9.17) is 0 Å². The topological polar surface area (TPSA) is 12.0 Å². The molecule has 1 aliphatic rings. The van der Waals surface area contributed by atoms with Crippen LogP contribution in [-0.4, -0.2) is 6.04 Å². The zero-order chi connectivity index (χ0) is 11.0. The molecule has 1 aromatic carbocycles.